The maximum atomic E-state index is 11.2. The van der Waals surface area contributed by atoms with Crippen molar-refractivity contribution in [3.8, 4) is 0 Å². The van der Waals surface area contributed by atoms with Crippen LogP contribution in [-0.4, -0.2) is 57.6 Å². The maximum Gasteiger partial charge on any atom is 0.112 e. The van der Waals surface area contributed by atoms with E-state index in [2.05, 4.69) is 50.5 Å². The summed E-state index contributed by atoms with van der Waals surface area (Å²) in [5.74, 6) is 0.535. The number of hydrogen-bond acceptors (Lipinski definition) is 6. The molecular weight excluding hydrogens is 400 g/mol. The van der Waals surface area contributed by atoms with Crippen LogP contribution in [0.5, 0.6) is 0 Å². The van der Waals surface area contributed by atoms with Gasteiger partial charge in [0.25, 0.3) is 0 Å². The molecule has 1 aromatic carbocycles. The quantitative estimate of drug-likeness (QED) is 0.555. The lowest BCUT2D eigenvalue weighted by molar-refractivity contribution is -0.00750. The van der Waals surface area contributed by atoms with E-state index in [1.807, 2.05) is 18.2 Å². The minimum absolute atomic E-state index is 0.477. The van der Waals surface area contributed by atoms with Crippen molar-refractivity contribution in [3.05, 3.63) is 66.5 Å². The molecule has 1 saturated heterocycles. The predicted octanol–water partition coefficient (Wildman–Crippen LogP) is 3.25. The van der Waals surface area contributed by atoms with Gasteiger partial charge in [-0.05, 0) is 61.8 Å². The number of nitrogens with zero attached hydrogens (tertiary/aromatic N) is 3. The molecule has 0 bridgehead atoms. The number of fused-ring (bicyclic) bond motifs is 1. The summed E-state index contributed by atoms with van der Waals surface area (Å²) in [6.45, 7) is 2.32. The van der Waals surface area contributed by atoms with Crippen LogP contribution < -0.4 is 10.2 Å². The lowest BCUT2D eigenvalue weighted by atomic mass is 9.76. The fraction of sp³-hybridized carbons (Fsp3) is 0.462. The second-order valence-electron chi connectivity index (χ2n) is 9.61. The maximum absolute atomic E-state index is 11.2. The van der Waals surface area contributed by atoms with Crippen LogP contribution in [0.25, 0.3) is 11.0 Å². The molecule has 6 nitrogen and oxygen atoms in total. The molecule has 2 fully saturated rings. The molecule has 1 unspecified atom stereocenters. The molecule has 1 aliphatic heterocycles. The summed E-state index contributed by atoms with van der Waals surface area (Å²) >= 11 is 0. The van der Waals surface area contributed by atoms with E-state index in [0.717, 1.165) is 48.9 Å². The smallest absolute Gasteiger partial charge is 0.112 e. The van der Waals surface area contributed by atoms with Crippen LogP contribution in [0.15, 0.2) is 60.9 Å². The van der Waals surface area contributed by atoms with Crippen molar-refractivity contribution >= 4 is 16.7 Å². The van der Waals surface area contributed by atoms with Gasteiger partial charge in [-0.25, -0.2) is 0 Å². The van der Waals surface area contributed by atoms with E-state index in [1.165, 1.54) is 5.56 Å². The van der Waals surface area contributed by atoms with Gasteiger partial charge >= 0.3 is 0 Å². The van der Waals surface area contributed by atoms with E-state index in [4.69, 9.17) is 0 Å². The zero-order valence-corrected chi connectivity index (χ0v) is 18.5. The second kappa shape index (κ2) is 8.77. The monoisotopic (exact) mass is 432 g/mol. The molecule has 2 aromatic heterocycles. The second-order valence-corrected chi connectivity index (χ2v) is 9.61. The third-order valence-corrected chi connectivity index (χ3v) is 7.24. The Morgan fingerprint density at radius 2 is 1.66 bits per heavy atom. The zero-order chi connectivity index (χ0) is 22.0. The summed E-state index contributed by atoms with van der Waals surface area (Å²) < 4.78 is 0. The normalized spacial score (nSPS) is 28.3. The van der Waals surface area contributed by atoms with Gasteiger partial charge < -0.3 is 20.4 Å². The van der Waals surface area contributed by atoms with Crippen molar-refractivity contribution in [2.45, 2.75) is 49.2 Å². The van der Waals surface area contributed by atoms with Gasteiger partial charge in [0.2, 0.25) is 0 Å². The van der Waals surface area contributed by atoms with Crippen LogP contribution >= 0.6 is 0 Å². The number of aliphatic hydroxyl groups is 2. The highest BCUT2D eigenvalue weighted by molar-refractivity contribution is 5.87. The fourth-order valence-electron chi connectivity index (χ4n) is 5.35. The highest BCUT2D eigenvalue weighted by Gasteiger charge is 2.38. The largest absolute Gasteiger partial charge is 0.389 e. The Bertz CT molecular complexity index is 1050. The molecule has 32 heavy (non-hydrogen) atoms. The van der Waals surface area contributed by atoms with Crippen molar-refractivity contribution in [2.24, 2.45) is 0 Å². The molecule has 0 amide bonds. The van der Waals surface area contributed by atoms with Gasteiger partial charge in [0.1, 0.15) is 5.52 Å². The molecule has 0 radical (unpaired) electrons. The van der Waals surface area contributed by atoms with Crippen LogP contribution in [0.1, 0.15) is 43.6 Å². The van der Waals surface area contributed by atoms with Crippen molar-refractivity contribution in [2.75, 3.05) is 31.1 Å². The molecule has 6 heteroatoms. The molecule has 3 heterocycles. The highest BCUT2D eigenvalue weighted by atomic mass is 16.3. The summed E-state index contributed by atoms with van der Waals surface area (Å²) in [5, 5.41) is 25.6. The van der Waals surface area contributed by atoms with Crippen molar-refractivity contribution < 1.29 is 10.2 Å². The van der Waals surface area contributed by atoms with Gasteiger partial charge in [-0.15, -0.1) is 0 Å². The number of anilines is 1. The van der Waals surface area contributed by atoms with Crippen LogP contribution in [-0.2, 0) is 0 Å². The number of pyridine rings is 2. The number of β-amino-alcohol motifs (C(OH)–C–C–N with tert-alkyl or cyclic N) is 1. The molecule has 1 atom stereocenters. The molecular formula is C26H32N4O2. The average molecular weight is 433 g/mol. The lowest BCUT2D eigenvalue weighted by Crippen LogP contribution is -2.49. The Balaban J connectivity index is 1.15. The van der Waals surface area contributed by atoms with E-state index < -0.39 is 11.2 Å². The fourth-order valence-corrected chi connectivity index (χ4v) is 5.35. The Hall–Kier alpha value is -2.54. The van der Waals surface area contributed by atoms with Crippen molar-refractivity contribution in [3.63, 3.8) is 0 Å². The van der Waals surface area contributed by atoms with Gasteiger partial charge in [-0.1, -0.05) is 30.3 Å². The first kappa shape index (κ1) is 21.3. The molecule has 5 rings (SSSR count). The molecule has 2 aliphatic rings. The third-order valence-electron chi connectivity index (χ3n) is 7.24. The molecule has 3 aromatic rings. The molecule has 1 saturated carbocycles. The lowest BCUT2D eigenvalue weighted by Gasteiger charge is -2.37. The van der Waals surface area contributed by atoms with Gasteiger partial charge in [-0.3, -0.25) is 9.97 Å². The van der Waals surface area contributed by atoms with E-state index in [0.29, 0.717) is 32.0 Å². The van der Waals surface area contributed by atoms with Crippen LogP contribution in [0.2, 0.25) is 0 Å². The van der Waals surface area contributed by atoms with Gasteiger partial charge in [0.15, 0.2) is 0 Å². The van der Waals surface area contributed by atoms with E-state index >= 15 is 0 Å². The molecule has 3 N–H and O–H groups in total. The van der Waals surface area contributed by atoms with Crippen molar-refractivity contribution in [1.29, 1.82) is 0 Å². The van der Waals surface area contributed by atoms with Gasteiger partial charge in [-0.2, -0.15) is 0 Å². The van der Waals surface area contributed by atoms with E-state index in [1.54, 1.807) is 12.4 Å². The minimum atomic E-state index is -0.817. The Kier molecular flexibility index (Phi) is 5.84. The summed E-state index contributed by atoms with van der Waals surface area (Å²) in [6.07, 6.45) is 7.86. The number of rotatable bonds is 6. The van der Waals surface area contributed by atoms with Crippen molar-refractivity contribution in [1.82, 2.24) is 15.3 Å². The molecule has 168 valence electrons. The molecule has 1 aliphatic carbocycles. The first-order valence-corrected chi connectivity index (χ1v) is 11.7. The summed E-state index contributed by atoms with van der Waals surface area (Å²) in [5.41, 5.74) is 2.63. The highest BCUT2D eigenvalue weighted by Crippen LogP contribution is 2.38. The molecule has 0 spiro atoms. The first-order chi connectivity index (χ1) is 15.5. The Labute approximate surface area is 189 Å². The van der Waals surface area contributed by atoms with Crippen LogP contribution in [0.4, 0.5) is 5.69 Å². The SMILES string of the molecule is OC1(CNCC2(O)CCN(c3ccnc4cccnc34)C2)CCC(c2ccccc2)CC1. The standard InChI is InChI=1S/C26H32N4O2/c31-25(11-8-21(9-12-25)20-5-2-1-3-6-20)17-27-18-26(32)13-16-30(19-26)23-10-15-28-22-7-4-14-29-24(22)23/h1-7,10,14-15,21,27,31-32H,8-9,11-13,16-19H2. The number of nitrogens with one attached hydrogen (secondary N) is 1. The van der Waals surface area contributed by atoms with Gasteiger partial charge in [0.05, 0.1) is 22.4 Å². The Morgan fingerprint density at radius 1 is 0.875 bits per heavy atom. The summed E-state index contributed by atoms with van der Waals surface area (Å²) in [6, 6.07) is 16.4. The van der Waals surface area contributed by atoms with Gasteiger partial charge in [0, 0.05) is 38.6 Å². The first-order valence-electron chi connectivity index (χ1n) is 11.7. The number of benzene rings is 1. The predicted molar refractivity (Wildman–Crippen MR) is 127 cm³/mol. The number of aromatic nitrogens is 2. The summed E-state index contributed by atoms with van der Waals surface area (Å²) in [7, 11) is 0. The van der Waals surface area contributed by atoms with E-state index in [9.17, 15) is 10.2 Å². The average Bonchev–Trinajstić information content (AvgIpc) is 3.21. The summed E-state index contributed by atoms with van der Waals surface area (Å²) in [4.78, 5) is 11.1. The van der Waals surface area contributed by atoms with E-state index in [-0.39, 0.29) is 0 Å². The third kappa shape index (κ3) is 4.49. The van der Waals surface area contributed by atoms with Crippen LogP contribution in [0.3, 0.4) is 0 Å². The Morgan fingerprint density at radius 3 is 2.47 bits per heavy atom. The number of hydrogen-bond donors (Lipinski definition) is 3. The zero-order valence-electron chi connectivity index (χ0n) is 18.5. The minimum Gasteiger partial charge on any atom is -0.389 e. The van der Waals surface area contributed by atoms with Crippen LogP contribution in [0, 0.1) is 0 Å². The topological polar surface area (TPSA) is 81.5 Å².